The van der Waals surface area contributed by atoms with E-state index in [1.807, 2.05) is 4.90 Å². The smallest absolute Gasteiger partial charge is 0.416 e. The van der Waals surface area contributed by atoms with Gasteiger partial charge in [-0.1, -0.05) is 0 Å². The molecule has 200 valence electrons. The number of alkyl halides is 3. The van der Waals surface area contributed by atoms with Gasteiger partial charge in [0.1, 0.15) is 11.4 Å². The van der Waals surface area contributed by atoms with Gasteiger partial charge < -0.3 is 25.7 Å². The molecule has 5 rings (SSSR count). The minimum absolute atomic E-state index is 0.0639. The molecule has 12 heteroatoms. The van der Waals surface area contributed by atoms with Crippen molar-refractivity contribution in [3.63, 3.8) is 0 Å². The van der Waals surface area contributed by atoms with Crippen LogP contribution in [0.1, 0.15) is 42.4 Å². The molecule has 37 heavy (non-hydrogen) atoms. The quantitative estimate of drug-likeness (QED) is 0.475. The number of nitrogens with zero attached hydrogens (tertiary/aromatic N) is 4. The number of aliphatic hydroxyl groups is 1. The molecule has 0 aliphatic carbocycles. The summed E-state index contributed by atoms with van der Waals surface area (Å²) in [4.78, 5) is 16.7. The first-order chi connectivity index (χ1) is 17.7. The Morgan fingerprint density at radius 3 is 2.59 bits per heavy atom. The van der Waals surface area contributed by atoms with E-state index in [1.54, 1.807) is 0 Å². The molecule has 1 aromatic heterocycles. The molecule has 0 unspecified atom stereocenters. The number of fused-ring (bicyclic) bond motifs is 1. The van der Waals surface area contributed by atoms with Crippen LogP contribution < -0.4 is 10.6 Å². The maximum atomic E-state index is 13.0. The van der Waals surface area contributed by atoms with Gasteiger partial charge in [0, 0.05) is 55.5 Å². The summed E-state index contributed by atoms with van der Waals surface area (Å²) in [6, 6.07) is 2.94. The molecular weight excluding hydrogens is 489 g/mol. The fraction of sp³-hybridized carbons (Fsp3) is 0.560. The molecule has 1 atom stereocenters. The Bertz CT molecular complexity index is 1150. The molecule has 9 nitrogen and oxygen atoms in total. The Morgan fingerprint density at radius 2 is 1.86 bits per heavy atom. The number of amides is 1. The molecule has 2 fully saturated rings. The number of phenolic OH excluding ortho intramolecular Hbond substituents is 1. The van der Waals surface area contributed by atoms with Gasteiger partial charge in [0.05, 0.1) is 18.2 Å². The van der Waals surface area contributed by atoms with Gasteiger partial charge in [-0.3, -0.25) is 9.69 Å². The van der Waals surface area contributed by atoms with Crippen LogP contribution in [-0.4, -0.2) is 81.0 Å². The van der Waals surface area contributed by atoms with Crippen LogP contribution in [0.2, 0.25) is 0 Å². The van der Waals surface area contributed by atoms with Gasteiger partial charge in [-0.05, 0) is 50.4 Å². The molecule has 0 spiro atoms. The number of halogens is 3. The topological polar surface area (TPSA) is 114 Å². The van der Waals surface area contributed by atoms with Crippen LogP contribution in [0.4, 0.5) is 19.0 Å². The van der Waals surface area contributed by atoms with E-state index in [9.17, 15) is 28.2 Å². The highest BCUT2D eigenvalue weighted by molar-refractivity contribution is 5.78. The predicted octanol–water partition coefficient (Wildman–Crippen LogP) is 2.33. The van der Waals surface area contributed by atoms with Crippen molar-refractivity contribution in [1.82, 2.24) is 25.3 Å². The van der Waals surface area contributed by atoms with E-state index in [1.165, 1.54) is 6.07 Å². The zero-order chi connectivity index (χ0) is 26.2. The van der Waals surface area contributed by atoms with Crippen LogP contribution >= 0.6 is 0 Å². The molecular formula is C25H31F3N6O3. The molecule has 3 aliphatic rings. The number of carbonyl (C=O) groups excluding carboxylic acids is 1. The van der Waals surface area contributed by atoms with E-state index in [0.717, 1.165) is 36.6 Å². The molecule has 2 aromatic rings. The third kappa shape index (κ3) is 5.65. The van der Waals surface area contributed by atoms with Crippen LogP contribution in [-0.2, 0) is 24.1 Å². The van der Waals surface area contributed by atoms with Gasteiger partial charge >= 0.3 is 6.18 Å². The number of phenols is 1. The number of anilines is 1. The Hall–Kier alpha value is -2.96. The predicted molar refractivity (Wildman–Crippen MR) is 130 cm³/mol. The monoisotopic (exact) mass is 520 g/mol. The molecule has 0 saturated carbocycles. The first-order valence-electron chi connectivity index (χ1n) is 12.6. The second-order valence-corrected chi connectivity index (χ2v) is 10.0. The van der Waals surface area contributed by atoms with E-state index in [-0.39, 0.29) is 23.6 Å². The third-order valence-electron chi connectivity index (χ3n) is 7.39. The number of hydrogen-bond acceptors (Lipinski definition) is 8. The van der Waals surface area contributed by atoms with Crippen LogP contribution in [0.5, 0.6) is 5.75 Å². The summed E-state index contributed by atoms with van der Waals surface area (Å²) in [5, 5.41) is 35.4. The summed E-state index contributed by atoms with van der Waals surface area (Å²) in [7, 11) is 0. The normalized spacial score (nSPS) is 21.2. The molecule has 4 N–H and O–H groups in total. The van der Waals surface area contributed by atoms with E-state index < -0.39 is 17.5 Å². The van der Waals surface area contributed by atoms with Crippen LogP contribution in [0, 0.1) is 0 Å². The lowest BCUT2D eigenvalue weighted by Crippen LogP contribution is -2.49. The Balaban J connectivity index is 1.28. The highest BCUT2D eigenvalue weighted by Crippen LogP contribution is 2.39. The average Bonchev–Trinajstić information content (AvgIpc) is 3.35. The minimum Gasteiger partial charge on any atom is -0.507 e. The fourth-order valence-corrected chi connectivity index (χ4v) is 5.36. The summed E-state index contributed by atoms with van der Waals surface area (Å²) >= 11 is 0. The van der Waals surface area contributed by atoms with Gasteiger partial charge in [0.25, 0.3) is 0 Å². The zero-order valence-corrected chi connectivity index (χ0v) is 20.4. The Labute approximate surface area is 212 Å². The summed E-state index contributed by atoms with van der Waals surface area (Å²) in [5.41, 5.74) is 1.32. The maximum Gasteiger partial charge on any atom is 0.416 e. The lowest BCUT2D eigenvalue weighted by Gasteiger charge is -2.36. The van der Waals surface area contributed by atoms with E-state index >= 15 is 0 Å². The number of rotatable bonds is 5. The largest absolute Gasteiger partial charge is 0.507 e. The van der Waals surface area contributed by atoms with Gasteiger partial charge in [-0.15, -0.1) is 10.2 Å². The second kappa shape index (κ2) is 10.4. The van der Waals surface area contributed by atoms with Crippen LogP contribution in [0.15, 0.2) is 18.2 Å². The molecule has 0 radical (unpaired) electrons. The van der Waals surface area contributed by atoms with Crippen molar-refractivity contribution in [3.8, 4) is 17.0 Å². The number of hydrogen-bond donors (Lipinski definition) is 4. The molecule has 3 aliphatic heterocycles. The number of carbonyl (C=O) groups is 1. The van der Waals surface area contributed by atoms with Gasteiger partial charge in [0.15, 0.2) is 5.82 Å². The van der Waals surface area contributed by atoms with Crippen molar-refractivity contribution >= 4 is 11.7 Å². The zero-order valence-electron chi connectivity index (χ0n) is 20.4. The number of likely N-dealkylation sites (tertiary alicyclic amines) is 2. The average molecular weight is 521 g/mol. The van der Waals surface area contributed by atoms with E-state index in [0.29, 0.717) is 69.7 Å². The van der Waals surface area contributed by atoms with Crippen molar-refractivity contribution in [3.05, 3.63) is 34.9 Å². The van der Waals surface area contributed by atoms with Crippen molar-refractivity contribution in [2.24, 2.45) is 0 Å². The van der Waals surface area contributed by atoms with Crippen LogP contribution in [0.25, 0.3) is 11.3 Å². The molecule has 4 heterocycles. The highest BCUT2D eigenvalue weighted by atomic mass is 19.4. The number of aliphatic hydroxyl groups excluding tert-OH is 1. The number of benzene rings is 1. The van der Waals surface area contributed by atoms with Gasteiger partial charge in [-0.2, -0.15) is 13.2 Å². The summed E-state index contributed by atoms with van der Waals surface area (Å²) < 4.78 is 39.0. The first-order valence-corrected chi connectivity index (χ1v) is 12.6. The van der Waals surface area contributed by atoms with Gasteiger partial charge in [-0.25, -0.2) is 0 Å². The number of aromatic nitrogens is 2. The number of piperidine rings is 2. The standard InChI is InChI=1S/C25H31F3N6O3/c26-25(27,28)15-3-4-18(21(36)10-15)23-19-11-29-12-20(19)24(32-31-23)30-16-2-1-7-33(13-16)14-22(37)34-8-5-17(35)6-9-34/h3-4,10,16-17,29,35-36H,1-2,5-9,11-14H2,(H,30,32)/t16-/m1/s1. The Morgan fingerprint density at radius 1 is 1.11 bits per heavy atom. The summed E-state index contributed by atoms with van der Waals surface area (Å²) in [6.45, 7) is 4.01. The fourth-order valence-electron chi connectivity index (χ4n) is 5.36. The molecule has 1 aromatic carbocycles. The molecule has 0 bridgehead atoms. The summed E-state index contributed by atoms with van der Waals surface area (Å²) in [5.74, 6) is 0.200. The number of aromatic hydroxyl groups is 1. The number of nitrogens with one attached hydrogen (secondary N) is 2. The van der Waals surface area contributed by atoms with Crippen LogP contribution in [0.3, 0.4) is 0 Å². The lowest BCUT2D eigenvalue weighted by molar-refractivity contribution is -0.137. The molecule has 1 amide bonds. The Kier molecular flexibility index (Phi) is 7.24. The maximum absolute atomic E-state index is 13.0. The van der Waals surface area contributed by atoms with E-state index in [2.05, 4.69) is 25.7 Å². The van der Waals surface area contributed by atoms with Gasteiger partial charge in [0.2, 0.25) is 5.91 Å². The first kappa shape index (κ1) is 25.7. The summed E-state index contributed by atoms with van der Waals surface area (Å²) in [6.07, 6.45) is -1.80. The lowest BCUT2D eigenvalue weighted by atomic mass is 10.0. The molecule has 2 saturated heterocycles. The third-order valence-corrected chi connectivity index (χ3v) is 7.39. The minimum atomic E-state index is -4.55. The van der Waals surface area contributed by atoms with Crippen molar-refractivity contribution in [2.75, 3.05) is 38.0 Å². The second-order valence-electron chi connectivity index (χ2n) is 10.0. The van der Waals surface area contributed by atoms with Crippen molar-refractivity contribution in [2.45, 2.75) is 57.1 Å². The highest BCUT2D eigenvalue weighted by Gasteiger charge is 2.32. The van der Waals surface area contributed by atoms with Crippen molar-refractivity contribution in [1.29, 1.82) is 0 Å². The SMILES string of the molecule is O=C(CN1CCC[C@@H](Nc2nnc(-c3ccc(C(F)(F)F)cc3O)c3c2CNC3)C1)N1CCC(O)CC1. The van der Waals surface area contributed by atoms with E-state index in [4.69, 9.17) is 0 Å². The van der Waals surface area contributed by atoms with Crippen molar-refractivity contribution < 1.29 is 28.2 Å².